The summed E-state index contributed by atoms with van der Waals surface area (Å²) in [6, 6.07) is 7.19. The molecule has 0 saturated heterocycles. The summed E-state index contributed by atoms with van der Waals surface area (Å²) >= 11 is 0. The summed E-state index contributed by atoms with van der Waals surface area (Å²) in [4.78, 5) is 4.45. The van der Waals surface area contributed by atoms with E-state index in [0.717, 1.165) is 12.1 Å². The second kappa shape index (κ2) is 6.06. The molecule has 0 fully saturated rings. The van der Waals surface area contributed by atoms with Crippen molar-refractivity contribution in [3.05, 3.63) is 47.9 Å². The van der Waals surface area contributed by atoms with Gasteiger partial charge in [-0.25, -0.2) is 4.99 Å². The molecule has 104 valence electrons. The third-order valence-corrected chi connectivity index (χ3v) is 2.73. The molecule has 1 aromatic rings. The van der Waals surface area contributed by atoms with Crippen molar-refractivity contribution in [1.82, 2.24) is 0 Å². The highest BCUT2D eigenvalue weighted by Gasteiger charge is 2.15. The predicted octanol–water partition coefficient (Wildman–Crippen LogP) is 2.53. The van der Waals surface area contributed by atoms with Gasteiger partial charge in [0.2, 0.25) is 0 Å². The summed E-state index contributed by atoms with van der Waals surface area (Å²) in [5.41, 5.74) is 14.3. The smallest absolute Gasteiger partial charge is 0.146 e. The first-order valence-electron chi connectivity index (χ1n) is 6.45. The maximum absolute atomic E-state index is 7.83. The first-order chi connectivity index (χ1) is 9.60. The van der Waals surface area contributed by atoms with E-state index in [0.29, 0.717) is 29.5 Å². The fourth-order valence-electron chi connectivity index (χ4n) is 1.70. The zero-order chi connectivity index (χ0) is 14.5. The number of hydrogen-bond acceptors (Lipinski definition) is 5. The van der Waals surface area contributed by atoms with E-state index in [9.17, 15) is 0 Å². The number of benzene rings is 1. The van der Waals surface area contributed by atoms with E-state index in [1.165, 1.54) is 0 Å². The van der Waals surface area contributed by atoms with E-state index < -0.39 is 0 Å². The summed E-state index contributed by atoms with van der Waals surface area (Å²) in [6.07, 6.45) is 4.14. The second-order valence-corrected chi connectivity index (χ2v) is 4.46. The van der Waals surface area contributed by atoms with Crippen molar-refractivity contribution in [2.45, 2.75) is 13.3 Å². The van der Waals surface area contributed by atoms with Gasteiger partial charge in [-0.1, -0.05) is 6.92 Å². The number of anilines is 1. The molecule has 5 heteroatoms. The Morgan fingerprint density at radius 1 is 1.15 bits per heavy atom. The van der Waals surface area contributed by atoms with Crippen molar-refractivity contribution in [3.8, 4) is 0 Å². The van der Waals surface area contributed by atoms with Crippen molar-refractivity contribution < 1.29 is 4.74 Å². The standard InChI is InChI=1S/C15H18N4O/c1-2-7-20-15-9-14(12(17)8-13(15)18)19-11-5-3-10(16)4-6-11/h3-6,8-9,18H,2,7,16-17H2,1H3/b18-13?,19-14-. The molecule has 0 spiro atoms. The SMILES string of the molecule is CCCOC1=C/C(=N/c2ccc(N)cc2)C(N)=CC1=N. The van der Waals surface area contributed by atoms with Crippen LogP contribution in [0.5, 0.6) is 0 Å². The maximum Gasteiger partial charge on any atom is 0.146 e. The van der Waals surface area contributed by atoms with Crippen LogP contribution in [0.15, 0.2) is 52.9 Å². The topological polar surface area (TPSA) is 97.5 Å². The van der Waals surface area contributed by atoms with E-state index in [1.807, 2.05) is 19.1 Å². The molecule has 5 nitrogen and oxygen atoms in total. The predicted molar refractivity (Wildman–Crippen MR) is 82.3 cm³/mol. The molecule has 0 saturated carbocycles. The normalized spacial score (nSPS) is 16.9. The Morgan fingerprint density at radius 2 is 1.85 bits per heavy atom. The van der Waals surface area contributed by atoms with Gasteiger partial charge in [-0.2, -0.15) is 0 Å². The van der Waals surface area contributed by atoms with E-state index in [2.05, 4.69) is 4.99 Å². The largest absolute Gasteiger partial charge is 0.491 e. The van der Waals surface area contributed by atoms with Gasteiger partial charge < -0.3 is 16.2 Å². The van der Waals surface area contributed by atoms with Gasteiger partial charge in [0.05, 0.1) is 29.4 Å². The maximum atomic E-state index is 7.83. The molecule has 0 bridgehead atoms. The fraction of sp³-hybridized carbons (Fsp3) is 0.200. The molecule has 20 heavy (non-hydrogen) atoms. The molecule has 1 aromatic carbocycles. The number of nitrogens with two attached hydrogens (primary N) is 2. The average molecular weight is 270 g/mol. The number of ether oxygens (including phenoxy) is 1. The van der Waals surface area contributed by atoms with Crippen molar-refractivity contribution >= 4 is 22.8 Å². The van der Waals surface area contributed by atoms with Gasteiger partial charge in [0.1, 0.15) is 5.76 Å². The molecule has 0 radical (unpaired) electrons. The van der Waals surface area contributed by atoms with Crippen LogP contribution in [0, 0.1) is 5.41 Å². The Morgan fingerprint density at radius 3 is 2.50 bits per heavy atom. The van der Waals surface area contributed by atoms with E-state index >= 15 is 0 Å². The van der Waals surface area contributed by atoms with E-state index in [1.54, 1.807) is 24.3 Å². The molecular weight excluding hydrogens is 252 g/mol. The Kier molecular flexibility index (Phi) is 4.20. The van der Waals surface area contributed by atoms with Crippen LogP contribution in [0.25, 0.3) is 0 Å². The summed E-state index contributed by atoms with van der Waals surface area (Å²) in [5, 5.41) is 7.83. The molecule has 0 aromatic heterocycles. The quantitative estimate of drug-likeness (QED) is 0.579. The molecule has 1 aliphatic rings. The fourth-order valence-corrected chi connectivity index (χ4v) is 1.70. The van der Waals surface area contributed by atoms with Crippen molar-refractivity contribution in [2.24, 2.45) is 10.7 Å². The van der Waals surface area contributed by atoms with Gasteiger partial charge in [-0.05, 0) is 36.8 Å². The number of allylic oxidation sites excluding steroid dienone is 2. The van der Waals surface area contributed by atoms with Crippen molar-refractivity contribution in [2.75, 3.05) is 12.3 Å². The minimum atomic E-state index is 0.271. The summed E-state index contributed by atoms with van der Waals surface area (Å²) in [5.74, 6) is 0.496. The Bertz CT molecular complexity index is 597. The summed E-state index contributed by atoms with van der Waals surface area (Å²) < 4.78 is 5.52. The lowest BCUT2D eigenvalue weighted by molar-refractivity contribution is 0.231. The third-order valence-electron chi connectivity index (χ3n) is 2.73. The van der Waals surface area contributed by atoms with Crippen LogP contribution in [-0.2, 0) is 4.74 Å². The van der Waals surface area contributed by atoms with Crippen LogP contribution >= 0.6 is 0 Å². The van der Waals surface area contributed by atoms with Crippen LogP contribution in [-0.4, -0.2) is 18.0 Å². The molecule has 5 N–H and O–H groups in total. The molecule has 0 heterocycles. The first-order valence-corrected chi connectivity index (χ1v) is 6.45. The lowest BCUT2D eigenvalue weighted by atomic mass is 10.1. The lowest BCUT2D eigenvalue weighted by Gasteiger charge is -2.15. The second-order valence-electron chi connectivity index (χ2n) is 4.46. The van der Waals surface area contributed by atoms with Crippen LogP contribution in [0.1, 0.15) is 13.3 Å². The Labute approximate surface area is 118 Å². The highest BCUT2D eigenvalue weighted by molar-refractivity contribution is 6.22. The van der Waals surface area contributed by atoms with Gasteiger partial charge in [-0.15, -0.1) is 0 Å². The zero-order valence-corrected chi connectivity index (χ0v) is 11.4. The van der Waals surface area contributed by atoms with Gasteiger partial charge in [0.15, 0.2) is 0 Å². The minimum absolute atomic E-state index is 0.271. The van der Waals surface area contributed by atoms with Gasteiger partial charge >= 0.3 is 0 Å². The minimum Gasteiger partial charge on any atom is -0.491 e. The zero-order valence-electron chi connectivity index (χ0n) is 11.4. The average Bonchev–Trinajstić information content (AvgIpc) is 2.43. The number of nitrogens with one attached hydrogen (secondary N) is 1. The number of hydrogen-bond donors (Lipinski definition) is 3. The van der Waals surface area contributed by atoms with Crippen LogP contribution < -0.4 is 11.5 Å². The number of aliphatic imine (C=N–C) groups is 1. The number of nitrogen functional groups attached to an aromatic ring is 1. The molecule has 1 aliphatic carbocycles. The molecule has 0 unspecified atom stereocenters. The van der Waals surface area contributed by atoms with Crippen molar-refractivity contribution in [3.63, 3.8) is 0 Å². The van der Waals surface area contributed by atoms with Crippen molar-refractivity contribution in [1.29, 1.82) is 5.41 Å². The Balaban J connectivity index is 2.28. The molecule has 0 amide bonds. The summed E-state index contributed by atoms with van der Waals surface area (Å²) in [7, 11) is 0. The molecular formula is C15H18N4O. The van der Waals surface area contributed by atoms with Gasteiger partial charge in [-0.3, -0.25) is 5.41 Å². The lowest BCUT2D eigenvalue weighted by Crippen LogP contribution is -2.19. The molecule has 0 aliphatic heterocycles. The summed E-state index contributed by atoms with van der Waals surface area (Å²) in [6.45, 7) is 2.58. The molecule has 0 atom stereocenters. The first kappa shape index (κ1) is 13.9. The highest BCUT2D eigenvalue weighted by atomic mass is 16.5. The number of nitrogens with zero attached hydrogens (tertiary/aromatic N) is 1. The van der Waals surface area contributed by atoms with E-state index in [-0.39, 0.29) is 5.71 Å². The van der Waals surface area contributed by atoms with E-state index in [4.69, 9.17) is 21.6 Å². The Hall–Kier alpha value is -2.56. The monoisotopic (exact) mass is 270 g/mol. The highest BCUT2D eigenvalue weighted by Crippen LogP contribution is 2.18. The van der Waals surface area contributed by atoms with Gasteiger partial charge in [0, 0.05) is 11.8 Å². The number of rotatable bonds is 4. The third kappa shape index (κ3) is 3.26. The van der Waals surface area contributed by atoms with Gasteiger partial charge in [0.25, 0.3) is 0 Å². The van der Waals surface area contributed by atoms with Crippen LogP contribution in [0.4, 0.5) is 11.4 Å². The molecule has 2 rings (SSSR count). The van der Waals surface area contributed by atoms with Crippen LogP contribution in [0.3, 0.4) is 0 Å². The van der Waals surface area contributed by atoms with Crippen LogP contribution in [0.2, 0.25) is 0 Å².